The normalized spacial score (nSPS) is 19.7. The number of carboxylic acid groups (broad SMARTS) is 1. The molecule has 0 heterocycles. The number of aliphatic carboxylic acids is 1. The van der Waals surface area contributed by atoms with E-state index in [1.807, 2.05) is 0 Å². The molecule has 0 radical (unpaired) electrons. The predicted octanol–water partition coefficient (Wildman–Crippen LogP) is 3.01. The maximum Gasteiger partial charge on any atom is 0.573 e. The molecule has 1 saturated carbocycles. The van der Waals surface area contributed by atoms with E-state index in [2.05, 4.69) is 4.74 Å². The predicted molar refractivity (Wildman–Crippen MR) is 78.5 cm³/mol. The number of para-hydroxylation sites is 1. The Morgan fingerprint density at radius 1 is 1.33 bits per heavy atom. The van der Waals surface area contributed by atoms with E-state index >= 15 is 0 Å². The lowest BCUT2D eigenvalue weighted by Gasteiger charge is -2.20. The highest BCUT2D eigenvalue weighted by atomic mass is 19.4. The largest absolute Gasteiger partial charge is 0.573 e. The maximum atomic E-state index is 12.5. The Kier molecular flexibility index (Phi) is 5.36. The van der Waals surface area contributed by atoms with Gasteiger partial charge in [0.1, 0.15) is 5.75 Å². The molecule has 1 fully saturated rings. The van der Waals surface area contributed by atoms with Gasteiger partial charge >= 0.3 is 12.3 Å². The topological polar surface area (TPSA) is 66.8 Å². The number of hydrogen-bond acceptors (Lipinski definition) is 3. The SMILES string of the molecule is CCN(CCC(=O)O)C(=O)[C@H]1C[C@@H]1c1ccccc1OC(F)(F)F. The van der Waals surface area contributed by atoms with E-state index < -0.39 is 18.2 Å². The van der Waals surface area contributed by atoms with Crippen LogP contribution in [0.1, 0.15) is 31.2 Å². The van der Waals surface area contributed by atoms with Gasteiger partial charge in [0.2, 0.25) is 5.91 Å². The monoisotopic (exact) mass is 345 g/mol. The van der Waals surface area contributed by atoms with Crippen molar-refractivity contribution in [1.82, 2.24) is 4.90 Å². The molecule has 1 aromatic rings. The number of nitrogens with zero attached hydrogens (tertiary/aromatic N) is 1. The van der Waals surface area contributed by atoms with E-state index in [4.69, 9.17) is 5.11 Å². The van der Waals surface area contributed by atoms with Crippen molar-refractivity contribution < 1.29 is 32.6 Å². The van der Waals surface area contributed by atoms with E-state index in [-0.39, 0.29) is 30.5 Å². The summed E-state index contributed by atoms with van der Waals surface area (Å²) in [7, 11) is 0. The average molecular weight is 345 g/mol. The number of ether oxygens (including phenoxy) is 1. The molecule has 0 spiro atoms. The van der Waals surface area contributed by atoms with Crippen LogP contribution in [-0.4, -0.2) is 41.3 Å². The summed E-state index contributed by atoms with van der Waals surface area (Å²) in [5.74, 6) is -2.30. The van der Waals surface area contributed by atoms with Gasteiger partial charge in [0.05, 0.1) is 6.42 Å². The minimum absolute atomic E-state index is 0.0918. The third kappa shape index (κ3) is 4.62. The van der Waals surface area contributed by atoms with Crippen LogP contribution in [0.3, 0.4) is 0 Å². The fourth-order valence-electron chi connectivity index (χ4n) is 2.71. The number of carbonyl (C=O) groups excluding carboxylic acids is 1. The standard InChI is InChI=1S/C16H18F3NO4/c1-2-20(8-7-14(21)22)15(23)12-9-11(12)10-5-3-4-6-13(10)24-16(17,18)19/h3-6,11-12H,2,7-9H2,1H3,(H,21,22)/t11-,12+/m1/s1. The van der Waals surface area contributed by atoms with E-state index in [1.54, 1.807) is 13.0 Å². The zero-order valence-electron chi connectivity index (χ0n) is 13.0. The molecule has 0 bridgehead atoms. The summed E-state index contributed by atoms with van der Waals surface area (Å²) >= 11 is 0. The molecule has 0 aliphatic heterocycles. The lowest BCUT2D eigenvalue weighted by Crippen LogP contribution is -2.34. The van der Waals surface area contributed by atoms with Gasteiger partial charge < -0.3 is 14.7 Å². The van der Waals surface area contributed by atoms with Crippen LogP contribution < -0.4 is 4.74 Å². The van der Waals surface area contributed by atoms with Crippen LogP contribution in [-0.2, 0) is 9.59 Å². The van der Waals surface area contributed by atoms with Gasteiger partial charge in [0.25, 0.3) is 0 Å². The quantitative estimate of drug-likeness (QED) is 0.825. The summed E-state index contributed by atoms with van der Waals surface area (Å²) in [5.41, 5.74) is 0.350. The number of alkyl halides is 3. The third-order valence-corrected chi connectivity index (χ3v) is 3.94. The lowest BCUT2D eigenvalue weighted by molar-refractivity contribution is -0.274. The van der Waals surface area contributed by atoms with Gasteiger partial charge in [0.15, 0.2) is 0 Å². The van der Waals surface area contributed by atoms with Crippen LogP contribution in [0, 0.1) is 5.92 Å². The molecule has 5 nitrogen and oxygen atoms in total. The summed E-state index contributed by atoms with van der Waals surface area (Å²) in [4.78, 5) is 24.5. The van der Waals surface area contributed by atoms with Crippen molar-refractivity contribution in [3.8, 4) is 5.75 Å². The number of amides is 1. The molecule has 1 aliphatic rings. The molecule has 0 unspecified atom stereocenters. The molecule has 1 aromatic carbocycles. The van der Waals surface area contributed by atoms with Crippen LogP contribution >= 0.6 is 0 Å². The smallest absolute Gasteiger partial charge is 0.481 e. The first kappa shape index (κ1) is 18.1. The van der Waals surface area contributed by atoms with Gasteiger partial charge in [-0.2, -0.15) is 0 Å². The summed E-state index contributed by atoms with van der Waals surface area (Å²) in [5, 5.41) is 8.71. The lowest BCUT2D eigenvalue weighted by atomic mass is 10.1. The molecule has 8 heteroatoms. The first-order valence-corrected chi connectivity index (χ1v) is 7.58. The molecule has 132 valence electrons. The number of hydrogen-bond donors (Lipinski definition) is 1. The summed E-state index contributed by atoms with van der Waals surface area (Å²) in [6.45, 7) is 2.18. The van der Waals surface area contributed by atoms with Gasteiger partial charge in [-0.15, -0.1) is 13.2 Å². The Morgan fingerprint density at radius 3 is 2.58 bits per heavy atom. The second-order valence-corrected chi connectivity index (χ2v) is 5.60. The third-order valence-electron chi connectivity index (χ3n) is 3.94. The van der Waals surface area contributed by atoms with Crippen LogP contribution in [0.2, 0.25) is 0 Å². The summed E-state index contributed by atoms with van der Waals surface area (Å²) in [6, 6.07) is 5.78. The Balaban J connectivity index is 2.06. The van der Waals surface area contributed by atoms with Crippen LogP contribution in [0.25, 0.3) is 0 Å². The Morgan fingerprint density at radius 2 is 2.00 bits per heavy atom. The first-order valence-electron chi connectivity index (χ1n) is 7.58. The molecule has 2 atom stereocenters. The van der Waals surface area contributed by atoms with Crippen molar-refractivity contribution in [3.05, 3.63) is 29.8 Å². The molecule has 2 rings (SSSR count). The molecule has 1 amide bonds. The zero-order chi connectivity index (χ0) is 17.9. The molecule has 0 aromatic heterocycles. The number of carbonyl (C=O) groups is 2. The van der Waals surface area contributed by atoms with E-state index in [0.717, 1.165) is 0 Å². The second-order valence-electron chi connectivity index (χ2n) is 5.60. The number of halogens is 3. The zero-order valence-corrected chi connectivity index (χ0v) is 13.0. The summed E-state index contributed by atoms with van der Waals surface area (Å²) in [6.07, 6.45) is -4.52. The van der Waals surface area contributed by atoms with Gasteiger partial charge in [-0.05, 0) is 30.9 Å². The number of rotatable bonds is 7. The van der Waals surface area contributed by atoms with E-state index in [0.29, 0.717) is 18.5 Å². The Labute approximate surface area is 137 Å². The molecule has 24 heavy (non-hydrogen) atoms. The minimum atomic E-state index is -4.79. The maximum absolute atomic E-state index is 12.5. The fraction of sp³-hybridized carbons (Fsp3) is 0.500. The highest BCUT2D eigenvalue weighted by molar-refractivity contribution is 5.83. The molecular weight excluding hydrogens is 327 g/mol. The van der Waals surface area contributed by atoms with Gasteiger partial charge in [-0.3, -0.25) is 9.59 Å². The van der Waals surface area contributed by atoms with Crippen LogP contribution in [0.5, 0.6) is 5.75 Å². The Bertz CT molecular complexity index is 618. The molecule has 1 aliphatic carbocycles. The molecule has 0 saturated heterocycles. The van der Waals surface area contributed by atoms with Gasteiger partial charge in [-0.25, -0.2) is 0 Å². The van der Waals surface area contributed by atoms with Gasteiger partial charge in [-0.1, -0.05) is 18.2 Å². The van der Waals surface area contributed by atoms with Crippen molar-refractivity contribution in [2.45, 2.75) is 32.0 Å². The van der Waals surface area contributed by atoms with Crippen molar-refractivity contribution in [3.63, 3.8) is 0 Å². The van der Waals surface area contributed by atoms with Crippen LogP contribution in [0.4, 0.5) is 13.2 Å². The first-order chi connectivity index (χ1) is 11.2. The van der Waals surface area contributed by atoms with Crippen molar-refractivity contribution in [2.24, 2.45) is 5.92 Å². The van der Waals surface area contributed by atoms with Gasteiger partial charge in [0, 0.05) is 19.0 Å². The summed E-state index contributed by atoms with van der Waals surface area (Å²) < 4.78 is 41.4. The average Bonchev–Trinajstić information content (AvgIpc) is 3.26. The van der Waals surface area contributed by atoms with E-state index in [1.165, 1.54) is 23.1 Å². The van der Waals surface area contributed by atoms with Crippen molar-refractivity contribution in [1.29, 1.82) is 0 Å². The van der Waals surface area contributed by atoms with Crippen molar-refractivity contribution >= 4 is 11.9 Å². The highest BCUT2D eigenvalue weighted by Gasteiger charge is 2.47. The van der Waals surface area contributed by atoms with Crippen LogP contribution in [0.15, 0.2) is 24.3 Å². The highest BCUT2D eigenvalue weighted by Crippen LogP contribution is 2.51. The van der Waals surface area contributed by atoms with E-state index in [9.17, 15) is 22.8 Å². The molecule has 1 N–H and O–H groups in total. The second kappa shape index (κ2) is 7.11. The minimum Gasteiger partial charge on any atom is -0.481 e. The van der Waals surface area contributed by atoms with Crippen molar-refractivity contribution in [2.75, 3.05) is 13.1 Å². The fourth-order valence-corrected chi connectivity index (χ4v) is 2.71. The molecular formula is C16H18F3NO4. The Hall–Kier alpha value is -2.25. The number of carboxylic acids is 1. The number of benzene rings is 1.